The monoisotopic (exact) mass is 810 g/mol. The zero-order valence-electron chi connectivity index (χ0n) is 32.1. The quantitative estimate of drug-likeness (QED) is 0.198. The molecule has 4 aromatic rings. The van der Waals surface area contributed by atoms with Crippen molar-refractivity contribution in [1.29, 1.82) is 0 Å². The molecule has 0 saturated carbocycles. The van der Waals surface area contributed by atoms with Crippen LogP contribution in [0.15, 0.2) is 53.5 Å². The predicted octanol–water partition coefficient (Wildman–Crippen LogP) is 2.29. The number of nitrogens with zero attached hydrogens (tertiary/aromatic N) is 7. The van der Waals surface area contributed by atoms with Gasteiger partial charge in [0, 0.05) is 77.4 Å². The highest BCUT2D eigenvalue weighted by Gasteiger charge is 2.46. The molecular weight excluding hydrogens is 768 g/mol. The summed E-state index contributed by atoms with van der Waals surface area (Å²) in [6.45, 7) is 5.20. The predicted molar refractivity (Wildman–Crippen MR) is 216 cm³/mol. The number of imide groups is 2. The van der Waals surface area contributed by atoms with Gasteiger partial charge in [0.2, 0.25) is 17.8 Å². The Morgan fingerprint density at radius 2 is 1.72 bits per heavy atom. The number of piperazine rings is 1. The van der Waals surface area contributed by atoms with Gasteiger partial charge in [0.1, 0.15) is 11.1 Å². The molecule has 1 unspecified atom stereocenters. The van der Waals surface area contributed by atoms with Crippen molar-refractivity contribution < 1.29 is 28.7 Å². The number of fused-ring (bicyclic) bond motifs is 2. The number of nitrogens with one attached hydrogen (secondary N) is 3. The van der Waals surface area contributed by atoms with Crippen molar-refractivity contribution in [2.24, 2.45) is 13.0 Å². The molecular formula is C40H43ClN10O7. The van der Waals surface area contributed by atoms with Gasteiger partial charge in [-0.05, 0) is 61.6 Å². The lowest BCUT2D eigenvalue weighted by molar-refractivity contribution is -0.136. The largest absolute Gasteiger partial charge is 0.478 e. The Kier molecular flexibility index (Phi) is 10.7. The van der Waals surface area contributed by atoms with E-state index in [9.17, 15) is 28.8 Å². The molecule has 58 heavy (non-hydrogen) atoms. The number of halogens is 1. The molecule has 1 atom stereocenters. The van der Waals surface area contributed by atoms with Gasteiger partial charge < -0.3 is 29.7 Å². The first kappa shape index (κ1) is 38.8. The second-order valence-corrected chi connectivity index (χ2v) is 15.4. The van der Waals surface area contributed by atoms with E-state index >= 15 is 0 Å². The van der Waals surface area contributed by atoms with Crippen molar-refractivity contribution in [3.8, 4) is 5.75 Å². The van der Waals surface area contributed by atoms with Gasteiger partial charge in [-0.25, -0.2) is 4.98 Å². The lowest BCUT2D eigenvalue weighted by Crippen LogP contribution is -2.54. The zero-order chi connectivity index (χ0) is 40.7. The zero-order valence-corrected chi connectivity index (χ0v) is 32.9. The fourth-order valence-corrected chi connectivity index (χ4v) is 8.34. The van der Waals surface area contributed by atoms with E-state index in [2.05, 4.69) is 35.6 Å². The second kappa shape index (κ2) is 16.1. The Bertz CT molecular complexity index is 2390. The molecule has 17 nitrogen and oxygen atoms in total. The summed E-state index contributed by atoms with van der Waals surface area (Å²) in [6.07, 6.45) is 3.70. The summed E-state index contributed by atoms with van der Waals surface area (Å²) in [4.78, 5) is 92.8. The van der Waals surface area contributed by atoms with E-state index in [1.165, 1.54) is 11.6 Å². The van der Waals surface area contributed by atoms with E-state index in [1.807, 2.05) is 24.3 Å². The fourth-order valence-electron chi connectivity index (χ4n) is 8.20. The summed E-state index contributed by atoms with van der Waals surface area (Å²) in [5, 5.41) is 9.10. The number of aryl methyl sites for hydroxylation is 1. The number of hydrogen-bond acceptors (Lipinski definition) is 13. The highest BCUT2D eigenvalue weighted by atomic mass is 35.5. The van der Waals surface area contributed by atoms with Crippen molar-refractivity contribution in [3.63, 3.8) is 0 Å². The molecule has 2 aromatic carbocycles. The van der Waals surface area contributed by atoms with Gasteiger partial charge in [-0.15, -0.1) is 0 Å². The van der Waals surface area contributed by atoms with Gasteiger partial charge in [-0.3, -0.25) is 43.9 Å². The van der Waals surface area contributed by atoms with Crippen molar-refractivity contribution in [2.45, 2.75) is 31.7 Å². The number of piperidine rings is 2. The van der Waals surface area contributed by atoms with Crippen molar-refractivity contribution >= 4 is 75.2 Å². The molecule has 0 spiro atoms. The fraction of sp³-hybridized carbons (Fsp3) is 0.400. The van der Waals surface area contributed by atoms with Crippen molar-refractivity contribution in [2.75, 3.05) is 74.6 Å². The first-order chi connectivity index (χ1) is 28.0. The third kappa shape index (κ3) is 7.54. The highest BCUT2D eigenvalue weighted by Crippen LogP contribution is 2.35. The molecule has 6 heterocycles. The number of benzene rings is 2. The highest BCUT2D eigenvalue weighted by molar-refractivity contribution is 6.33. The van der Waals surface area contributed by atoms with Crippen LogP contribution in [0.4, 0.5) is 23.1 Å². The number of carbonyl (C=O) groups excluding carboxylic acids is 5. The number of amides is 5. The topological polar surface area (TPSA) is 191 Å². The molecule has 4 aliphatic heterocycles. The maximum atomic E-state index is 13.6. The molecule has 8 rings (SSSR count). The van der Waals surface area contributed by atoms with Crippen LogP contribution in [0.1, 0.15) is 46.4 Å². The summed E-state index contributed by atoms with van der Waals surface area (Å²) in [5.74, 6) is -0.785. The number of pyridine rings is 1. The average Bonchev–Trinajstić information content (AvgIpc) is 3.48. The van der Waals surface area contributed by atoms with Crippen LogP contribution in [0, 0.1) is 5.92 Å². The molecule has 2 aromatic heterocycles. The molecule has 3 saturated heterocycles. The molecule has 3 N–H and O–H groups in total. The summed E-state index contributed by atoms with van der Waals surface area (Å²) >= 11 is 6.55. The Labute approximate surface area is 338 Å². The van der Waals surface area contributed by atoms with Gasteiger partial charge in [0.15, 0.2) is 18.2 Å². The summed E-state index contributed by atoms with van der Waals surface area (Å²) < 4.78 is 6.97. The minimum atomic E-state index is -0.999. The number of rotatable bonds is 10. The lowest BCUT2D eigenvalue weighted by Gasteiger charge is -2.40. The van der Waals surface area contributed by atoms with E-state index in [0.717, 1.165) is 55.9 Å². The van der Waals surface area contributed by atoms with Gasteiger partial charge in [0.25, 0.3) is 23.3 Å². The van der Waals surface area contributed by atoms with Crippen LogP contribution in [0.2, 0.25) is 5.02 Å². The molecule has 5 amide bonds. The summed E-state index contributed by atoms with van der Waals surface area (Å²) in [7, 11) is 3.15. The van der Waals surface area contributed by atoms with Gasteiger partial charge >= 0.3 is 0 Å². The van der Waals surface area contributed by atoms with Crippen LogP contribution in [-0.4, -0.2) is 119 Å². The Hall–Kier alpha value is -6.07. The molecule has 4 aliphatic rings. The van der Waals surface area contributed by atoms with Crippen LogP contribution in [0.5, 0.6) is 5.75 Å². The smallest absolute Gasteiger partial charge is 0.293 e. The minimum Gasteiger partial charge on any atom is -0.478 e. The molecule has 18 heteroatoms. The number of ether oxygens (including phenoxy) is 1. The first-order valence-electron chi connectivity index (χ1n) is 19.3. The maximum Gasteiger partial charge on any atom is 0.293 e. The van der Waals surface area contributed by atoms with Crippen molar-refractivity contribution in [3.05, 3.63) is 75.2 Å². The Morgan fingerprint density at radius 3 is 2.47 bits per heavy atom. The van der Waals surface area contributed by atoms with Crippen molar-refractivity contribution in [1.82, 2.24) is 35.0 Å². The van der Waals surface area contributed by atoms with Gasteiger partial charge in [0.05, 0.1) is 28.5 Å². The van der Waals surface area contributed by atoms with Crippen LogP contribution in [0.3, 0.4) is 0 Å². The van der Waals surface area contributed by atoms with E-state index in [0.29, 0.717) is 58.3 Å². The summed E-state index contributed by atoms with van der Waals surface area (Å²) in [5.41, 5.74) is 2.35. The number of aromatic nitrogens is 3. The molecule has 0 radical (unpaired) electrons. The van der Waals surface area contributed by atoms with E-state index < -0.39 is 29.7 Å². The number of anilines is 4. The number of hydrogen-bond donors (Lipinski definition) is 3. The third-order valence-electron chi connectivity index (χ3n) is 11.4. The van der Waals surface area contributed by atoms with Crippen LogP contribution < -0.4 is 36.0 Å². The Balaban J connectivity index is 0.859. The van der Waals surface area contributed by atoms with E-state index in [1.54, 1.807) is 31.4 Å². The SMILES string of the molecule is CNC(=O)COc1cc2cc(Nc3nc(N4CCC(CN5CCN(c6cccc7c6C(=O)N(C6CCC(=O)NC6=O)C7=O)CC5)CC4)ncc3Cl)ccc2n(C)c1=O. The molecule has 3 fully saturated rings. The van der Waals surface area contributed by atoms with Crippen LogP contribution in [0.25, 0.3) is 10.9 Å². The lowest BCUT2D eigenvalue weighted by atomic mass is 9.96. The van der Waals surface area contributed by atoms with E-state index in [-0.39, 0.29) is 42.2 Å². The van der Waals surface area contributed by atoms with Crippen LogP contribution >= 0.6 is 11.6 Å². The summed E-state index contributed by atoms with van der Waals surface area (Å²) in [6, 6.07) is 11.4. The first-order valence-corrected chi connectivity index (χ1v) is 19.7. The number of likely N-dealkylation sites (N-methyl/N-ethyl adjacent to an activating group) is 1. The minimum absolute atomic E-state index is 0.0665. The second-order valence-electron chi connectivity index (χ2n) is 15.0. The third-order valence-corrected chi connectivity index (χ3v) is 11.7. The molecule has 0 bridgehead atoms. The molecule has 302 valence electrons. The van der Waals surface area contributed by atoms with Gasteiger partial charge in [-0.1, -0.05) is 17.7 Å². The average molecular weight is 811 g/mol. The Morgan fingerprint density at radius 1 is 0.948 bits per heavy atom. The maximum absolute atomic E-state index is 13.6. The normalized spacial score (nSPS) is 19.1. The standard InChI is InChI=1S/C40H43ClN10O7/c1-42-33(53)22-58-31-19-24-18-25(6-7-28(24)47(2)38(31)56)44-35-27(41)20-43-40(46-35)50-12-10-23(11-13-50)21-48-14-16-49(17-15-48)29-5-3-4-26-34(29)39(57)51(37(26)55)30-8-9-32(52)45-36(30)54/h3-7,18-20,23,30H,8-17,21-22H2,1-2H3,(H,42,53)(H,43,44,46)(H,45,52,54). The van der Waals surface area contributed by atoms with Crippen LogP contribution in [-0.2, 0) is 21.4 Å². The molecule has 0 aliphatic carbocycles. The van der Waals surface area contributed by atoms with Gasteiger partial charge in [-0.2, -0.15) is 4.98 Å². The van der Waals surface area contributed by atoms with E-state index in [4.69, 9.17) is 21.3 Å². The number of carbonyl (C=O) groups is 5.